The van der Waals surface area contributed by atoms with Crippen LogP contribution in [0.3, 0.4) is 0 Å². The van der Waals surface area contributed by atoms with Gasteiger partial charge in [-0.05, 0) is 18.2 Å². The predicted octanol–water partition coefficient (Wildman–Crippen LogP) is 2.78. The van der Waals surface area contributed by atoms with Crippen molar-refractivity contribution in [2.75, 3.05) is 0 Å². The number of aromatic nitrogens is 2. The number of benzene rings is 1. The lowest BCUT2D eigenvalue weighted by Crippen LogP contribution is -2.04. The third-order valence-corrected chi connectivity index (χ3v) is 2.23. The molecule has 4 nitrogen and oxygen atoms in total. The molecule has 0 atom stereocenters. The van der Waals surface area contributed by atoms with Crippen molar-refractivity contribution in [2.24, 2.45) is 0 Å². The van der Waals surface area contributed by atoms with Gasteiger partial charge in [0, 0.05) is 0 Å². The maximum absolute atomic E-state index is 12.5. The number of ether oxygens (including phenoxy) is 1. The van der Waals surface area contributed by atoms with Crippen LogP contribution < -0.4 is 4.74 Å². The fourth-order valence-corrected chi connectivity index (χ4v) is 1.33. The predicted molar refractivity (Wildman–Crippen MR) is 59.5 cm³/mol. The summed E-state index contributed by atoms with van der Waals surface area (Å²) in [5, 5.41) is 8.78. The largest absolute Gasteiger partial charge is 0.437 e. The average molecular weight is 270 g/mol. The molecule has 0 saturated heterocycles. The minimum atomic E-state index is -4.42. The molecule has 100 valence electrons. The number of alkyl halides is 3. The second-order valence-electron chi connectivity index (χ2n) is 3.63. The molecule has 7 heteroatoms. The summed E-state index contributed by atoms with van der Waals surface area (Å²) < 4.78 is 42.6. The van der Waals surface area contributed by atoms with E-state index in [9.17, 15) is 13.2 Å². The third-order valence-electron chi connectivity index (χ3n) is 2.23. The van der Waals surface area contributed by atoms with E-state index in [0.29, 0.717) is 5.69 Å². The van der Waals surface area contributed by atoms with Gasteiger partial charge in [0.2, 0.25) is 5.88 Å². The molecule has 2 rings (SSSR count). The first kappa shape index (κ1) is 13.3. The molecule has 0 bridgehead atoms. The van der Waals surface area contributed by atoms with Crippen molar-refractivity contribution in [1.82, 2.24) is 9.97 Å². The molecule has 1 aromatic carbocycles. The number of aliphatic hydroxyl groups is 1. The van der Waals surface area contributed by atoms with Gasteiger partial charge < -0.3 is 9.84 Å². The molecule has 0 aliphatic heterocycles. The Hall–Kier alpha value is -2.15. The van der Waals surface area contributed by atoms with Crippen molar-refractivity contribution >= 4 is 0 Å². The van der Waals surface area contributed by atoms with Crippen molar-refractivity contribution in [3.63, 3.8) is 0 Å². The minimum absolute atomic E-state index is 0.0147. The van der Waals surface area contributed by atoms with Crippen LogP contribution in [0.15, 0.2) is 36.7 Å². The van der Waals surface area contributed by atoms with E-state index in [1.54, 1.807) is 0 Å². The zero-order valence-electron chi connectivity index (χ0n) is 9.55. The van der Waals surface area contributed by atoms with Crippen LogP contribution in [0.2, 0.25) is 0 Å². The molecule has 0 radical (unpaired) electrons. The van der Waals surface area contributed by atoms with Crippen LogP contribution in [-0.2, 0) is 12.8 Å². The van der Waals surface area contributed by atoms with Crippen molar-refractivity contribution < 1.29 is 23.0 Å². The van der Waals surface area contributed by atoms with E-state index in [2.05, 4.69) is 9.97 Å². The molecule has 0 fully saturated rings. The Balaban J connectivity index is 2.18. The number of nitrogens with zero attached hydrogens (tertiary/aromatic N) is 2. The summed E-state index contributed by atoms with van der Waals surface area (Å²) in [6.07, 6.45) is -1.92. The van der Waals surface area contributed by atoms with Gasteiger partial charge in [-0.25, -0.2) is 4.98 Å². The average Bonchev–Trinajstić information content (AvgIpc) is 2.39. The molecular formula is C12H9F3N2O2. The normalized spacial score (nSPS) is 11.4. The molecular weight excluding hydrogens is 261 g/mol. The molecule has 0 unspecified atom stereocenters. The van der Waals surface area contributed by atoms with Crippen molar-refractivity contribution in [2.45, 2.75) is 12.8 Å². The molecule has 0 saturated carbocycles. The summed E-state index contributed by atoms with van der Waals surface area (Å²) in [7, 11) is 0. The van der Waals surface area contributed by atoms with Gasteiger partial charge in [-0.1, -0.05) is 6.07 Å². The molecule has 1 heterocycles. The van der Waals surface area contributed by atoms with E-state index in [0.717, 1.165) is 12.1 Å². The molecule has 0 aliphatic carbocycles. The van der Waals surface area contributed by atoms with Gasteiger partial charge in [-0.3, -0.25) is 4.98 Å². The van der Waals surface area contributed by atoms with Crippen molar-refractivity contribution in [3.8, 4) is 11.6 Å². The van der Waals surface area contributed by atoms with E-state index in [4.69, 9.17) is 9.84 Å². The first-order chi connectivity index (χ1) is 8.99. The van der Waals surface area contributed by atoms with Gasteiger partial charge in [0.25, 0.3) is 0 Å². The highest BCUT2D eigenvalue weighted by Gasteiger charge is 2.30. The first-order valence-corrected chi connectivity index (χ1v) is 5.26. The van der Waals surface area contributed by atoms with Gasteiger partial charge >= 0.3 is 6.18 Å². The summed E-state index contributed by atoms with van der Waals surface area (Å²) in [5.41, 5.74) is -0.457. The number of halogens is 3. The van der Waals surface area contributed by atoms with Crippen LogP contribution in [0.5, 0.6) is 11.6 Å². The van der Waals surface area contributed by atoms with Gasteiger partial charge in [0.05, 0.1) is 30.3 Å². The topological polar surface area (TPSA) is 55.2 Å². The number of rotatable bonds is 3. The van der Waals surface area contributed by atoms with Crippen LogP contribution in [-0.4, -0.2) is 15.1 Å². The number of hydrogen-bond donors (Lipinski definition) is 1. The van der Waals surface area contributed by atoms with E-state index < -0.39 is 11.7 Å². The third kappa shape index (κ3) is 3.41. The fraction of sp³-hybridized carbons (Fsp3) is 0.167. The Kier molecular flexibility index (Phi) is 3.66. The highest BCUT2D eigenvalue weighted by molar-refractivity contribution is 5.32. The second kappa shape index (κ2) is 5.23. The monoisotopic (exact) mass is 270 g/mol. The van der Waals surface area contributed by atoms with E-state index in [1.165, 1.54) is 24.5 Å². The molecule has 19 heavy (non-hydrogen) atoms. The zero-order chi connectivity index (χ0) is 13.9. The smallest absolute Gasteiger partial charge is 0.416 e. The summed E-state index contributed by atoms with van der Waals surface area (Å²) in [5.74, 6) is 0.0670. The molecule has 0 spiro atoms. The Morgan fingerprint density at radius 1 is 1.16 bits per heavy atom. The van der Waals surface area contributed by atoms with Gasteiger partial charge in [-0.2, -0.15) is 13.2 Å². The lowest BCUT2D eigenvalue weighted by Gasteiger charge is -2.09. The maximum Gasteiger partial charge on any atom is 0.416 e. The Morgan fingerprint density at radius 3 is 2.53 bits per heavy atom. The summed E-state index contributed by atoms with van der Waals surface area (Å²) >= 11 is 0. The summed E-state index contributed by atoms with van der Waals surface area (Å²) in [6, 6.07) is 4.46. The molecule has 1 aromatic heterocycles. The van der Waals surface area contributed by atoms with Crippen LogP contribution in [0.25, 0.3) is 0 Å². The minimum Gasteiger partial charge on any atom is -0.437 e. The lowest BCUT2D eigenvalue weighted by atomic mass is 10.2. The fourth-order valence-electron chi connectivity index (χ4n) is 1.33. The Morgan fingerprint density at radius 2 is 1.95 bits per heavy atom. The number of aliphatic hydroxyl groups excluding tert-OH is 1. The Bertz CT molecular complexity index is 556. The van der Waals surface area contributed by atoms with Crippen molar-refractivity contribution in [3.05, 3.63) is 47.9 Å². The van der Waals surface area contributed by atoms with Crippen LogP contribution in [0.4, 0.5) is 13.2 Å². The highest BCUT2D eigenvalue weighted by Crippen LogP contribution is 2.32. The molecule has 0 aliphatic rings. The van der Waals surface area contributed by atoms with E-state index in [-0.39, 0.29) is 18.2 Å². The molecule has 1 N–H and O–H groups in total. The first-order valence-electron chi connectivity index (χ1n) is 5.26. The summed E-state index contributed by atoms with van der Waals surface area (Å²) in [4.78, 5) is 7.62. The van der Waals surface area contributed by atoms with E-state index in [1.807, 2.05) is 0 Å². The SMILES string of the molecule is OCc1cnc(Oc2cccc(C(F)(F)F)c2)cn1. The van der Waals surface area contributed by atoms with Gasteiger partial charge in [0.15, 0.2) is 0 Å². The zero-order valence-corrected chi connectivity index (χ0v) is 9.55. The molecule has 0 amide bonds. The second-order valence-corrected chi connectivity index (χ2v) is 3.63. The van der Waals surface area contributed by atoms with Crippen molar-refractivity contribution in [1.29, 1.82) is 0 Å². The molecule has 2 aromatic rings. The Labute approximate surface area is 106 Å². The van der Waals surface area contributed by atoms with Crippen LogP contribution in [0.1, 0.15) is 11.3 Å². The van der Waals surface area contributed by atoms with Crippen LogP contribution >= 0.6 is 0 Å². The summed E-state index contributed by atoms with van der Waals surface area (Å²) in [6.45, 7) is -0.267. The quantitative estimate of drug-likeness (QED) is 0.931. The highest BCUT2D eigenvalue weighted by atomic mass is 19.4. The van der Waals surface area contributed by atoms with Gasteiger partial charge in [-0.15, -0.1) is 0 Å². The maximum atomic E-state index is 12.5. The lowest BCUT2D eigenvalue weighted by molar-refractivity contribution is -0.137. The van der Waals surface area contributed by atoms with Gasteiger partial charge in [0.1, 0.15) is 5.75 Å². The van der Waals surface area contributed by atoms with E-state index >= 15 is 0 Å². The standard InChI is InChI=1S/C12H9F3N2O2/c13-12(14,15)8-2-1-3-10(4-8)19-11-6-16-9(7-18)5-17-11/h1-6,18H,7H2. The van der Waals surface area contributed by atoms with Crippen LogP contribution in [0, 0.1) is 0 Å². The number of hydrogen-bond acceptors (Lipinski definition) is 4.